The SMILES string of the molecule is C/C(=N\O)C(=O)OC1C[C@@H](C)CCC1C(C)C. The fraction of sp³-hybridized carbons (Fsp3) is 0.846. The Morgan fingerprint density at radius 3 is 2.59 bits per heavy atom. The van der Waals surface area contributed by atoms with Gasteiger partial charge in [0.2, 0.25) is 0 Å². The van der Waals surface area contributed by atoms with Crippen LogP contribution in [0.1, 0.15) is 47.0 Å². The van der Waals surface area contributed by atoms with Crippen LogP contribution in [-0.2, 0) is 9.53 Å². The summed E-state index contributed by atoms with van der Waals surface area (Å²) >= 11 is 0. The minimum atomic E-state index is -0.503. The zero-order valence-corrected chi connectivity index (χ0v) is 11.1. The molecular weight excluding hydrogens is 218 g/mol. The summed E-state index contributed by atoms with van der Waals surface area (Å²) in [7, 11) is 0. The number of oxime groups is 1. The molecule has 0 heterocycles. The molecule has 1 rings (SSSR count). The van der Waals surface area contributed by atoms with E-state index in [1.165, 1.54) is 13.3 Å². The first-order valence-corrected chi connectivity index (χ1v) is 6.35. The Bertz CT molecular complexity index is 299. The molecule has 0 bridgehead atoms. The van der Waals surface area contributed by atoms with Crippen molar-refractivity contribution in [2.45, 2.75) is 53.1 Å². The Morgan fingerprint density at radius 1 is 1.41 bits per heavy atom. The molecule has 1 saturated carbocycles. The van der Waals surface area contributed by atoms with E-state index in [4.69, 9.17) is 9.94 Å². The number of carbonyl (C=O) groups excluding carboxylic acids is 1. The lowest BCUT2D eigenvalue weighted by Gasteiger charge is -2.36. The molecule has 98 valence electrons. The summed E-state index contributed by atoms with van der Waals surface area (Å²) in [5, 5.41) is 11.4. The topological polar surface area (TPSA) is 58.9 Å². The summed E-state index contributed by atoms with van der Waals surface area (Å²) in [5.74, 6) is 1.01. The van der Waals surface area contributed by atoms with Crippen molar-refractivity contribution in [3.05, 3.63) is 0 Å². The van der Waals surface area contributed by atoms with Crippen LogP contribution in [-0.4, -0.2) is 23.0 Å². The maximum atomic E-state index is 11.6. The first-order chi connectivity index (χ1) is 7.95. The molecule has 2 unspecified atom stereocenters. The van der Waals surface area contributed by atoms with Gasteiger partial charge in [0.05, 0.1) is 0 Å². The highest BCUT2D eigenvalue weighted by Crippen LogP contribution is 2.35. The van der Waals surface area contributed by atoms with Crippen molar-refractivity contribution in [1.29, 1.82) is 0 Å². The summed E-state index contributed by atoms with van der Waals surface area (Å²) in [4.78, 5) is 11.6. The Balaban J connectivity index is 2.67. The molecule has 0 spiro atoms. The van der Waals surface area contributed by atoms with Crippen LogP contribution >= 0.6 is 0 Å². The van der Waals surface area contributed by atoms with E-state index in [0.29, 0.717) is 17.8 Å². The van der Waals surface area contributed by atoms with Gasteiger partial charge < -0.3 is 9.94 Å². The van der Waals surface area contributed by atoms with Gasteiger partial charge in [-0.1, -0.05) is 32.3 Å². The van der Waals surface area contributed by atoms with Crippen molar-refractivity contribution in [3.63, 3.8) is 0 Å². The van der Waals surface area contributed by atoms with E-state index in [2.05, 4.69) is 25.9 Å². The normalized spacial score (nSPS) is 30.4. The van der Waals surface area contributed by atoms with Crippen molar-refractivity contribution >= 4 is 11.7 Å². The van der Waals surface area contributed by atoms with Crippen molar-refractivity contribution in [2.75, 3.05) is 0 Å². The fourth-order valence-corrected chi connectivity index (χ4v) is 2.51. The molecule has 0 radical (unpaired) electrons. The van der Waals surface area contributed by atoms with E-state index in [-0.39, 0.29) is 11.8 Å². The van der Waals surface area contributed by atoms with Gasteiger partial charge in [0, 0.05) is 0 Å². The zero-order chi connectivity index (χ0) is 13.0. The number of nitrogens with zero attached hydrogens (tertiary/aromatic N) is 1. The van der Waals surface area contributed by atoms with Crippen LogP contribution in [0.25, 0.3) is 0 Å². The minimum Gasteiger partial charge on any atom is -0.458 e. The Kier molecular flexibility index (Phi) is 4.97. The Labute approximate surface area is 103 Å². The number of ether oxygens (including phenoxy) is 1. The molecule has 1 fully saturated rings. The maximum absolute atomic E-state index is 11.6. The van der Waals surface area contributed by atoms with Crippen LogP contribution in [0, 0.1) is 17.8 Å². The van der Waals surface area contributed by atoms with Crippen LogP contribution in [0.4, 0.5) is 0 Å². The minimum absolute atomic E-state index is 0.0192. The number of esters is 1. The molecule has 0 amide bonds. The first-order valence-electron chi connectivity index (χ1n) is 6.35. The summed E-state index contributed by atoms with van der Waals surface area (Å²) in [6.07, 6.45) is 3.17. The van der Waals surface area contributed by atoms with Gasteiger partial charge in [0.1, 0.15) is 6.10 Å². The van der Waals surface area contributed by atoms with Crippen LogP contribution in [0.3, 0.4) is 0 Å². The van der Waals surface area contributed by atoms with E-state index in [0.717, 1.165) is 12.8 Å². The van der Waals surface area contributed by atoms with Gasteiger partial charge in [-0.25, -0.2) is 4.79 Å². The highest BCUT2D eigenvalue weighted by molar-refractivity contribution is 6.35. The second-order valence-electron chi connectivity index (χ2n) is 5.46. The lowest BCUT2D eigenvalue weighted by Crippen LogP contribution is -2.37. The fourth-order valence-electron chi connectivity index (χ4n) is 2.51. The third kappa shape index (κ3) is 3.72. The van der Waals surface area contributed by atoms with Gasteiger partial charge in [-0.15, -0.1) is 0 Å². The Morgan fingerprint density at radius 2 is 2.06 bits per heavy atom. The summed E-state index contributed by atoms with van der Waals surface area (Å²) in [5.41, 5.74) is 0.0192. The summed E-state index contributed by atoms with van der Waals surface area (Å²) < 4.78 is 5.46. The largest absolute Gasteiger partial charge is 0.458 e. The first kappa shape index (κ1) is 14.0. The lowest BCUT2D eigenvalue weighted by atomic mass is 9.75. The van der Waals surface area contributed by atoms with E-state index >= 15 is 0 Å². The predicted octanol–water partition coefficient (Wildman–Crippen LogP) is 2.84. The summed E-state index contributed by atoms with van der Waals surface area (Å²) in [6, 6.07) is 0. The molecule has 0 aromatic carbocycles. The molecule has 4 heteroatoms. The lowest BCUT2D eigenvalue weighted by molar-refractivity contribution is -0.147. The van der Waals surface area contributed by atoms with Gasteiger partial charge in [0.15, 0.2) is 5.71 Å². The number of hydrogen-bond acceptors (Lipinski definition) is 4. The van der Waals surface area contributed by atoms with Crippen LogP contribution < -0.4 is 0 Å². The van der Waals surface area contributed by atoms with Gasteiger partial charge in [0.25, 0.3) is 0 Å². The standard InChI is InChI=1S/C13H23NO3/c1-8(2)11-6-5-9(3)7-12(11)17-13(15)10(4)14-16/h8-9,11-12,16H,5-7H2,1-4H3/b14-10+/t9-,11?,12?/m0/s1. The van der Waals surface area contributed by atoms with Crippen molar-refractivity contribution < 1.29 is 14.7 Å². The molecule has 1 aliphatic carbocycles. The molecule has 4 nitrogen and oxygen atoms in total. The molecular formula is C13H23NO3. The average molecular weight is 241 g/mol. The quantitative estimate of drug-likeness (QED) is 0.358. The molecule has 1 aliphatic rings. The second kappa shape index (κ2) is 6.03. The molecule has 3 atom stereocenters. The van der Waals surface area contributed by atoms with Crippen molar-refractivity contribution in [1.82, 2.24) is 0 Å². The predicted molar refractivity (Wildman–Crippen MR) is 66.1 cm³/mol. The smallest absolute Gasteiger partial charge is 0.356 e. The van der Waals surface area contributed by atoms with Crippen LogP contribution in [0.15, 0.2) is 5.16 Å². The van der Waals surface area contributed by atoms with Gasteiger partial charge in [-0.3, -0.25) is 0 Å². The number of rotatable bonds is 3. The van der Waals surface area contributed by atoms with Crippen LogP contribution in [0.2, 0.25) is 0 Å². The third-order valence-electron chi connectivity index (χ3n) is 3.67. The van der Waals surface area contributed by atoms with E-state index in [1.54, 1.807) is 0 Å². The summed E-state index contributed by atoms with van der Waals surface area (Å²) in [6.45, 7) is 7.96. The van der Waals surface area contributed by atoms with Crippen molar-refractivity contribution in [2.24, 2.45) is 22.9 Å². The molecule has 0 saturated heterocycles. The molecule has 17 heavy (non-hydrogen) atoms. The Hall–Kier alpha value is -1.06. The third-order valence-corrected chi connectivity index (χ3v) is 3.67. The van der Waals surface area contributed by atoms with E-state index in [1.807, 2.05) is 0 Å². The average Bonchev–Trinajstić information content (AvgIpc) is 2.27. The number of carbonyl (C=O) groups is 1. The monoisotopic (exact) mass is 241 g/mol. The zero-order valence-electron chi connectivity index (χ0n) is 11.1. The maximum Gasteiger partial charge on any atom is 0.356 e. The van der Waals surface area contributed by atoms with Crippen molar-refractivity contribution in [3.8, 4) is 0 Å². The highest BCUT2D eigenvalue weighted by Gasteiger charge is 2.33. The number of hydrogen-bond donors (Lipinski definition) is 1. The van der Waals surface area contributed by atoms with Gasteiger partial charge >= 0.3 is 5.97 Å². The second-order valence-corrected chi connectivity index (χ2v) is 5.46. The van der Waals surface area contributed by atoms with Gasteiger partial charge in [-0.05, 0) is 37.5 Å². The molecule has 0 aromatic rings. The molecule has 0 aliphatic heterocycles. The van der Waals surface area contributed by atoms with Gasteiger partial charge in [-0.2, -0.15) is 0 Å². The van der Waals surface area contributed by atoms with E-state index in [9.17, 15) is 4.79 Å². The van der Waals surface area contributed by atoms with E-state index < -0.39 is 5.97 Å². The highest BCUT2D eigenvalue weighted by atomic mass is 16.5. The molecule has 0 aromatic heterocycles. The molecule has 1 N–H and O–H groups in total. The van der Waals surface area contributed by atoms with Crippen LogP contribution in [0.5, 0.6) is 0 Å².